The number of anilines is 1. The first kappa shape index (κ1) is 16.2. The number of rotatable bonds is 2. The number of nitro groups is 1. The smallest absolute Gasteiger partial charge is 0.288 e. The number of aryl methyl sites for hydroxylation is 2. The first-order valence-electron chi connectivity index (χ1n) is 8.44. The van der Waals surface area contributed by atoms with Crippen LogP contribution in [0.15, 0.2) is 42.5 Å². The van der Waals surface area contributed by atoms with Crippen molar-refractivity contribution >= 4 is 23.0 Å². The van der Waals surface area contributed by atoms with Crippen LogP contribution in [0.25, 0.3) is 0 Å². The van der Waals surface area contributed by atoms with Gasteiger partial charge in [-0.25, -0.2) is 0 Å². The molecule has 128 valence electrons. The molecule has 4 rings (SSSR count). The monoisotopic (exact) mass is 354 g/mol. The Labute approximate surface area is 151 Å². The molecule has 0 aromatic heterocycles. The van der Waals surface area contributed by atoms with Gasteiger partial charge in [0, 0.05) is 17.7 Å². The highest BCUT2D eigenvalue weighted by atomic mass is 35.5. The SMILES string of the molecule is Cc1ccc(C)c2c1N[C@H](c1ccc(Cl)c([N+](=O)[O-])c1)[C@@H]1CC=C[C@@H]21. The first-order chi connectivity index (χ1) is 12.0. The Hall–Kier alpha value is -2.33. The molecule has 0 fully saturated rings. The van der Waals surface area contributed by atoms with Crippen molar-refractivity contribution in [1.82, 2.24) is 0 Å². The third-order valence-corrected chi connectivity index (χ3v) is 5.79. The van der Waals surface area contributed by atoms with E-state index in [1.54, 1.807) is 12.1 Å². The van der Waals surface area contributed by atoms with E-state index in [1.807, 2.05) is 6.07 Å². The van der Waals surface area contributed by atoms with Crippen LogP contribution in [0.2, 0.25) is 5.02 Å². The minimum atomic E-state index is -0.414. The second kappa shape index (κ2) is 5.88. The molecule has 0 radical (unpaired) electrons. The fourth-order valence-electron chi connectivity index (χ4n) is 4.24. The van der Waals surface area contributed by atoms with Crippen molar-refractivity contribution in [2.75, 3.05) is 5.32 Å². The number of halogens is 1. The van der Waals surface area contributed by atoms with Crippen LogP contribution in [0, 0.1) is 29.9 Å². The van der Waals surface area contributed by atoms with E-state index in [0.29, 0.717) is 11.8 Å². The van der Waals surface area contributed by atoms with Crippen LogP contribution in [0.5, 0.6) is 0 Å². The molecule has 2 aromatic rings. The summed E-state index contributed by atoms with van der Waals surface area (Å²) in [6.07, 6.45) is 5.48. The van der Waals surface area contributed by atoms with Gasteiger partial charge in [0.15, 0.2) is 0 Å². The van der Waals surface area contributed by atoms with Gasteiger partial charge in [-0.05, 0) is 54.5 Å². The van der Waals surface area contributed by atoms with Gasteiger partial charge in [-0.15, -0.1) is 0 Å². The number of hydrogen-bond acceptors (Lipinski definition) is 3. The van der Waals surface area contributed by atoms with Crippen molar-refractivity contribution in [1.29, 1.82) is 0 Å². The van der Waals surface area contributed by atoms with Crippen LogP contribution in [0.1, 0.15) is 40.6 Å². The summed E-state index contributed by atoms with van der Waals surface area (Å²) >= 11 is 5.99. The zero-order valence-corrected chi connectivity index (χ0v) is 14.9. The fourth-order valence-corrected chi connectivity index (χ4v) is 4.42. The molecule has 1 aliphatic heterocycles. The lowest BCUT2D eigenvalue weighted by molar-refractivity contribution is -0.384. The van der Waals surface area contributed by atoms with Crippen molar-refractivity contribution in [3.8, 4) is 0 Å². The molecule has 1 aliphatic carbocycles. The van der Waals surface area contributed by atoms with Crippen molar-refractivity contribution in [3.63, 3.8) is 0 Å². The minimum Gasteiger partial charge on any atom is -0.377 e. The molecule has 2 aromatic carbocycles. The summed E-state index contributed by atoms with van der Waals surface area (Å²) in [5, 5.41) is 15.1. The van der Waals surface area contributed by atoms with Gasteiger partial charge in [0.25, 0.3) is 5.69 Å². The largest absolute Gasteiger partial charge is 0.377 e. The average molecular weight is 355 g/mol. The molecule has 0 spiro atoms. The van der Waals surface area contributed by atoms with Gasteiger partial charge < -0.3 is 5.32 Å². The summed E-state index contributed by atoms with van der Waals surface area (Å²) in [6.45, 7) is 4.25. The molecule has 3 atom stereocenters. The van der Waals surface area contributed by atoms with Gasteiger partial charge in [0.05, 0.1) is 11.0 Å². The van der Waals surface area contributed by atoms with Gasteiger partial charge in [-0.1, -0.05) is 42.0 Å². The molecular formula is C20H19ClN2O2. The zero-order valence-electron chi connectivity index (χ0n) is 14.1. The van der Waals surface area contributed by atoms with E-state index < -0.39 is 4.92 Å². The molecular weight excluding hydrogens is 336 g/mol. The van der Waals surface area contributed by atoms with Crippen LogP contribution in [-0.4, -0.2) is 4.92 Å². The second-order valence-electron chi connectivity index (χ2n) is 6.93. The van der Waals surface area contributed by atoms with Gasteiger partial charge >= 0.3 is 0 Å². The third-order valence-electron chi connectivity index (χ3n) is 5.47. The van der Waals surface area contributed by atoms with Crippen LogP contribution < -0.4 is 5.32 Å². The number of fused-ring (bicyclic) bond motifs is 3. The molecule has 2 aliphatic rings. The Balaban J connectivity index is 1.84. The van der Waals surface area contributed by atoms with Crippen molar-refractivity contribution in [2.45, 2.75) is 32.2 Å². The summed E-state index contributed by atoms with van der Waals surface area (Å²) in [5.41, 5.74) is 5.90. The molecule has 0 unspecified atom stereocenters. The normalized spacial score (nSPS) is 23.7. The maximum atomic E-state index is 11.3. The van der Waals surface area contributed by atoms with Gasteiger partial charge in [-0.3, -0.25) is 10.1 Å². The van der Waals surface area contributed by atoms with Gasteiger partial charge in [-0.2, -0.15) is 0 Å². The molecule has 0 bridgehead atoms. The highest BCUT2D eigenvalue weighted by Crippen LogP contribution is 2.52. The standard InChI is InChI=1S/C20H19ClN2O2/c1-11-6-7-12(2)19-18(11)14-4-3-5-15(14)20(22-19)13-8-9-16(21)17(10-13)23(24)25/h3-4,6-10,14-15,20,22H,5H2,1-2H3/t14-,15-,20-/m1/s1. The maximum Gasteiger partial charge on any atom is 0.288 e. The zero-order chi connectivity index (χ0) is 17.7. The number of nitrogens with one attached hydrogen (secondary N) is 1. The van der Waals surface area contributed by atoms with Gasteiger partial charge in [0.2, 0.25) is 0 Å². The van der Waals surface area contributed by atoms with Crippen molar-refractivity contribution < 1.29 is 4.92 Å². The number of allylic oxidation sites excluding steroid dienone is 2. The lowest BCUT2D eigenvalue weighted by atomic mass is 9.75. The third kappa shape index (κ3) is 2.52. The van der Waals surface area contributed by atoms with Crippen LogP contribution in [0.4, 0.5) is 11.4 Å². The average Bonchev–Trinajstić information content (AvgIpc) is 3.07. The topological polar surface area (TPSA) is 55.2 Å². The molecule has 0 amide bonds. The first-order valence-corrected chi connectivity index (χ1v) is 8.82. The number of benzene rings is 2. The van der Waals surface area contributed by atoms with Crippen LogP contribution in [0.3, 0.4) is 0 Å². The van der Waals surface area contributed by atoms with Crippen molar-refractivity contribution in [2.24, 2.45) is 5.92 Å². The van der Waals surface area contributed by atoms with Crippen LogP contribution >= 0.6 is 11.6 Å². The molecule has 1 heterocycles. The van der Waals surface area contributed by atoms with E-state index in [-0.39, 0.29) is 16.8 Å². The van der Waals surface area contributed by atoms with Crippen LogP contribution in [-0.2, 0) is 0 Å². The Kier molecular flexibility index (Phi) is 3.80. The quantitative estimate of drug-likeness (QED) is 0.428. The minimum absolute atomic E-state index is 0.0315. The number of hydrogen-bond donors (Lipinski definition) is 1. The Morgan fingerprint density at radius 2 is 1.96 bits per heavy atom. The number of nitro benzene ring substituents is 1. The van der Waals surface area contributed by atoms with E-state index in [2.05, 4.69) is 43.4 Å². The molecule has 1 N–H and O–H groups in total. The summed E-state index contributed by atoms with van der Waals surface area (Å²) in [6, 6.07) is 9.48. The predicted octanol–water partition coefficient (Wildman–Crippen LogP) is 5.69. The Bertz CT molecular complexity index is 907. The second-order valence-corrected chi connectivity index (χ2v) is 7.34. The molecule has 0 saturated heterocycles. The lowest BCUT2D eigenvalue weighted by Crippen LogP contribution is -2.30. The van der Waals surface area contributed by atoms with E-state index in [0.717, 1.165) is 17.7 Å². The maximum absolute atomic E-state index is 11.3. The highest BCUT2D eigenvalue weighted by molar-refractivity contribution is 6.32. The lowest BCUT2D eigenvalue weighted by Gasteiger charge is -2.39. The van der Waals surface area contributed by atoms with E-state index >= 15 is 0 Å². The Morgan fingerprint density at radius 1 is 1.20 bits per heavy atom. The molecule has 5 heteroatoms. The van der Waals surface area contributed by atoms with E-state index in [9.17, 15) is 10.1 Å². The van der Waals surface area contributed by atoms with Gasteiger partial charge in [0.1, 0.15) is 5.02 Å². The highest BCUT2D eigenvalue weighted by Gasteiger charge is 2.39. The van der Waals surface area contributed by atoms with Crippen molar-refractivity contribution in [3.05, 3.63) is 79.9 Å². The summed E-state index contributed by atoms with van der Waals surface area (Å²) in [7, 11) is 0. The fraction of sp³-hybridized carbons (Fsp3) is 0.300. The molecule has 4 nitrogen and oxygen atoms in total. The summed E-state index contributed by atoms with van der Waals surface area (Å²) in [5.74, 6) is 0.699. The molecule has 25 heavy (non-hydrogen) atoms. The number of nitrogens with zero attached hydrogens (tertiary/aromatic N) is 1. The summed E-state index contributed by atoms with van der Waals surface area (Å²) < 4.78 is 0. The van der Waals surface area contributed by atoms with E-state index in [4.69, 9.17) is 11.6 Å². The molecule has 0 saturated carbocycles. The predicted molar refractivity (Wildman–Crippen MR) is 100 cm³/mol. The summed E-state index contributed by atoms with van der Waals surface area (Å²) in [4.78, 5) is 10.9. The van der Waals surface area contributed by atoms with E-state index in [1.165, 1.54) is 16.7 Å². The Morgan fingerprint density at radius 3 is 2.72 bits per heavy atom.